The molecule has 4 nitrogen and oxygen atoms in total. The molecule has 1 aromatic heterocycles. The Bertz CT molecular complexity index is 503. The zero-order valence-corrected chi connectivity index (χ0v) is 11.3. The third-order valence-corrected chi connectivity index (χ3v) is 3.38. The summed E-state index contributed by atoms with van der Waals surface area (Å²) in [5.41, 5.74) is 4.55. The van der Waals surface area contributed by atoms with Crippen LogP contribution in [0.15, 0.2) is 35.2 Å². The summed E-state index contributed by atoms with van der Waals surface area (Å²) in [6, 6.07) is 10.1. The predicted molar refractivity (Wildman–Crippen MR) is 76.4 cm³/mol. The van der Waals surface area contributed by atoms with Crippen molar-refractivity contribution in [3.05, 3.63) is 36.0 Å². The van der Waals surface area contributed by atoms with Crippen molar-refractivity contribution in [3.63, 3.8) is 0 Å². The predicted octanol–water partition coefficient (Wildman–Crippen LogP) is 2.71. The van der Waals surface area contributed by atoms with Crippen LogP contribution >= 0.6 is 11.8 Å². The molecule has 1 heterocycles. The standard InChI is InChI=1S/C13H16N4S/c1-3-10-8-12(17-14)16-13(15-10)9-4-6-11(18-2)7-5-9/h4-8H,3,14H2,1-2H3,(H,15,16,17). The van der Waals surface area contributed by atoms with Crippen LogP contribution in [0.3, 0.4) is 0 Å². The molecular formula is C13H16N4S. The average molecular weight is 260 g/mol. The number of rotatable bonds is 4. The van der Waals surface area contributed by atoms with Crippen molar-refractivity contribution >= 4 is 17.6 Å². The van der Waals surface area contributed by atoms with E-state index in [1.165, 1.54) is 4.90 Å². The second kappa shape index (κ2) is 5.84. The summed E-state index contributed by atoms with van der Waals surface area (Å²) >= 11 is 1.71. The van der Waals surface area contributed by atoms with Crippen molar-refractivity contribution in [3.8, 4) is 11.4 Å². The molecule has 3 N–H and O–H groups in total. The highest BCUT2D eigenvalue weighted by atomic mass is 32.2. The first-order valence-electron chi connectivity index (χ1n) is 5.75. The van der Waals surface area contributed by atoms with E-state index in [1.54, 1.807) is 11.8 Å². The van der Waals surface area contributed by atoms with Crippen LogP contribution in [0.25, 0.3) is 11.4 Å². The summed E-state index contributed by atoms with van der Waals surface area (Å²) in [7, 11) is 0. The van der Waals surface area contributed by atoms with Gasteiger partial charge in [-0.05, 0) is 24.8 Å². The van der Waals surface area contributed by atoms with E-state index in [9.17, 15) is 0 Å². The molecule has 18 heavy (non-hydrogen) atoms. The highest BCUT2D eigenvalue weighted by Crippen LogP contribution is 2.21. The summed E-state index contributed by atoms with van der Waals surface area (Å²) in [6.45, 7) is 2.06. The Labute approximate surface area is 111 Å². The van der Waals surface area contributed by atoms with E-state index in [2.05, 4.69) is 40.7 Å². The second-order valence-electron chi connectivity index (χ2n) is 3.79. The number of hydrogen-bond donors (Lipinski definition) is 2. The number of nitrogens with zero attached hydrogens (tertiary/aromatic N) is 2. The number of nitrogens with two attached hydrogens (primary N) is 1. The lowest BCUT2D eigenvalue weighted by Gasteiger charge is -2.07. The van der Waals surface area contributed by atoms with Gasteiger partial charge in [0.05, 0.1) is 0 Å². The molecule has 0 radical (unpaired) electrons. The lowest BCUT2D eigenvalue weighted by atomic mass is 10.2. The van der Waals surface area contributed by atoms with Crippen LogP contribution in [0.1, 0.15) is 12.6 Å². The molecule has 0 aliphatic carbocycles. The van der Waals surface area contributed by atoms with Crippen molar-refractivity contribution in [2.24, 2.45) is 5.84 Å². The van der Waals surface area contributed by atoms with Crippen molar-refractivity contribution in [1.82, 2.24) is 9.97 Å². The molecule has 0 bridgehead atoms. The Kier molecular flexibility index (Phi) is 4.17. The Morgan fingerprint density at radius 2 is 1.94 bits per heavy atom. The number of aromatic nitrogens is 2. The van der Waals surface area contributed by atoms with Gasteiger partial charge < -0.3 is 5.43 Å². The zero-order valence-electron chi connectivity index (χ0n) is 10.5. The normalized spacial score (nSPS) is 10.4. The van der Waals surface area contributed by atoms with Crippen molar-refractivity contribution in [2.75, 3.05) is 11.7 Å². The minimum absolute atomic E-state index is 0.644. The van der Waals surface area contributed by atoms with E-state index in [-0.39, 0.29) is 0 Å². The Hall–Kier alpha value is -1.59. The van der Waals surface area contributed by atoms with Crippen LogP contribution in [0.4, 0.5) is 5.82 Å². The lowest BCUT2D eigenvalue weighted by Crippen LogP contribution is -2.10. The van der Waals surface area contributed by atoms with Crippen LogP contribution in [0.2, 0.25) is 0 Å². The van der Waals surface area contributed by atoms with Gasteiger partial charge in [0.25, 0.3) is 0 Å². The summed E-state index contributed by atoms with van der Waals surface area (Å²) in [5, 5.41) is 0. The zero-order chi connectivity index (χ0) is 13.0. The third kappa shape index (κ3) is 2.80. The van der Waals surface area contributed by atoms with Crippen molar-refractivity contribution < 1.29 is 0 Å². The molecular weight excluding hydrogens is 244 g/mol. The third-order valence-electron chi connectivity index (χ3n) is 2.64. The van der Waals surface area contributed by atoms with Crippen molar-refractivity contribution in [1.29, 1.82) is 0 Å². The molecule has 1 aromatic carbocycles. The van der Waals surface area contributed by atoms with Gasteiger partial charge in [0.1, 0.15) is 5.82 Å². The number of nitrogen functional groups attached to an aromatic ring is 1. The number of aryl methyl sites for hydroxylation is 1. The van der Waals surface area contributed by atoms with Crippen LogP contribution < -0.4 is 11.3 Å². The topological polar surface area (TPSA) is 63.8 Å². The molecule has 0 aliphatic rings. The van der Waals surface area contributed by atoms with Gasteiger partial charge in [0.15, 0.2) is 5.82 Å². The quantitative estimate of drug-likeness (QED) is 0.503. The van der Waals surface area contributed by atoms with Crippen LogP contribution in [0.5, 0.6) is 0 Å². The van der Waals surface area contributed by atoms with E-state index in [4.69, 9.17) is 5.84 Å². The van der Waals surface area contributed by atoms with Crippen LogP contribution in [0, 0.1) is 0 Å². The largest absolute Gasteiger partial charge is 0.308 e. The van der Waals surface area contributed by atoms with Gasteiger partial charge in [-0.2, -0.15) is 0 Å². The number of thioether (sulfide) groups is 1. The van der Waals surface area contributed by atoms with Gasteiger partial charge in [-0.1, -0.05) is 19.1 Å². The van der Waals surface area contributed by atoms with Gasteiger partial charge in [0, 0.05) is 22.2 Å². The SMILES string of the molecule is CCc1cc(NN)nc(-c2ccc(SC)cc2)n1. The highest BCUT2D eigenvalue weighted by molar-refractivity contribution is 7.98. The smallest absolute Gasteiger partial charge is 0.161 e. The number of benzene rings is 1. The number of hydrazine groups is 1. The summed E-state index contributed by atoms with van der Waals surface area (Å²) in [4.78, 5) is 10.1. The fourth-order valence-electron chi connectivity index (χ4n) is 1.62. The summed E-state index contributed by atoms with van der Waals surface area (Å²) < 4.78 is 0. The van der Waals surface area contributed by atoms with Gasteiger partial charge in [-0.3, -0.25) is 0 Å². The summed E-state index contributed by atoms with van der Waals surface area (Å²) in [6.07, 6.45) is 2.91. The van der Waals surface area contributed by atoms with Gasteiger partial charge in [0.2, 0.25) is 0 Å². The molecule has 2 rings (SSSR count). The van der Waals surface area contributed by atoms with Crippen LogP contribution in [-0.4, -0.2) is 16.2 Å². The maximum atomic E-state index is 5.42. The Balaban J connectivity index is 2.41. The molecule has 0 fully saturated rings. The Morgan fingerprint density at radius 3 is 2.50 bits per heavy atom. The monoisotopic (exact) mass is 260 g/mol. The lowest BCUT2D eigenvalue weighted by molar-refractivity contribution is 1.00. The van der Waals surface area contributed by atoms with E-state index in [0.717, 1.165) is 17.7 Å². The highest BCUT2D eigenvalue weighted by Gasteiger charge is 2.05. The van der Waals surface area contributed by atoms with E-state index in [1.807, 2.05) is 18.2 Å². The van der Waals surface area contributed by atoms with Crippen LogP contribution in [-0.2, 0) is 6.42 Å². The molecule has 2 aromatic rings. The van der Waals surface area contributed by atoms with Gasteiger partial charge in [-0.25, -0.2) is 15.8 Å². The first-order chi connectivity index (χ1) is 8.76. The molecule has 0 spiro atoms. The second-order valence-corrected chi connectivity index (χ2v) is 4.67. The molecule has 0 saturated heterocycles. The number of hydrogen-bond acceptors (Lipinski definition) is 5. The van der Waals surface area contributed by atoms with E-state index in [0.29, 0.717) is 11.6 Å². The van der Waals surface area contributed by atoms with Gasteiger partial charge in [-0.15, -0.1) is 11.8 Å². The van der Waals surface area contributed by atoms with Crippen molar-refractivity contribution in [2.45, 2.75) is 18.2 Å². The molecule has 5 heteroatoms. The number of nitrogens with one attached hydrogen (secondary N) is 1. The average Bonchev–Trinajstić information content (AvgIpc) is 2.46. The number of anilines is 1. The minimum atomic E-state index is 0.644. The fourth-order valence-corrected chi connectivity index (χ4v) is 2.03. The fraction of sp³-hybridized carbons (Fsp3) is 0.231. The summed E-state index contributed by atoms with van der Waals surface area (Å²) in [5.74, 6) is 6.77. The molecule has 0 unspecified atom stereocenters. The Morgan fingerprint density at radius 1 is 1.22 bits per heavy atom. The molecule has 0 amide bonds. The van der Waals surface area contributed by atoms with E-state index >= 15 is 0 Å². The first kappa shape index (κ1) is 12.9. The van der Waals surface area contributed by atoms with Gasteiger partial charge >= 0.3 is 0 Å². The maximum Gasteiger partial charge on any atom is 0.161 e. The molecule has 0 atom stereocenters. The minimum Gasteiger partial charge on any atom is -0.308 e. The molecule has 0 aliphatic heterocycles. The van der Waals surface area contributed by atoms with E-state index < -0.39 is 0 Å². The maximum absolute atomic E-state index is 5.42. The molecule has 0 saturated carbocycles. The molecule has 94 valence electrons. The first-order valence-corrected chi connectivity index (χ1v) is 6.98.